The van der Waals surface area contributed by atoms with E-state index >= 15 is 0 Å². The quantitative estimate of drug-likeness (QED) is 0.284. The summed E-state index contributed by atoms with van der Waals surface area (Å²) in [6.45, 7) is 7.21. The van der Waals surface area contributed by atoms with Gasteiger partial charge >= 0.3 is 0 Å². The summed E-state index contributed by atoms with van der Waals surface area (Å²) in [5.41, 5.74) is 3.14. The number of aldehydes is 1. The molecule has 0 aliphatic heterocycles. The number of hydrogen-bond acceptors (Lipinski definition) is 8. The number of amides is 1. The molecule has 1 heterocycles. The molecule has 0 fully saturated rings. The Morgan fingerprint density at radius 2 is 1.81 bits per heavy atom. The number of carbonyl (C=O) groups excluding carboxylic acids is 2. The topological polar surface area (TPSA) is 99.7 Å². The number of rotatable bonds is 12. The van der Waals surface area contributed by atoms with Crippen molar-refractivity contribution in [3.63, 3.8) is 0 Å². The van der Waals surface area contributed by atoms with Crippen LogP contribution in [0.25, 0.3) is 0 Å². The number of aryl methyl sites for hydroxylation is 1. The second-order valence-electron chi connectivity index (χ2n) is 8.40. The van der Waals surface area contributed by atoms with Crippen LogP contribution in [0.2, 0.25) is 0 Å². The molecule has 0 bridgehead atoms. The zero-order chi connectivity index (χ0) is 26.1. The molecule has 0 unspecified atom stereocenters. The summed E-state index contributed by atoms with van der Waals surface area (Å²) in [5.74, 6) is 0.716. The van der Waals surface area contributed by atoms with Crippen LogP contribution in [0.3, 0.4) is 0 Å². The minimum atomic E-state index is -0.321. The van der Waals surface area contributed by atoms with E-state index in [2.05, 4.69) is 37.0 Å². The molecule has 3 rings (SSSR count). The van der Waals surface area contributed by atoms with E-state index in [0.717, 1.165) is 24.5 Å². The van der Waals surface area contributed by atoms with Gasteiger partial charge in [0.05, 0.1) is 0 Å². The molecule has 1 amide bonds. The van der Waals surface area contributed by atoms with Gasteiger partial charge in [0.1, 0.15) is 17.1 Å². The predicted octanol–water partition coefficient (Wildman–Crippen LogP) is 4.51. The average Bonchev–Trinajstić information content (AvgIpc) is 2.88. The van der Waals surface area contributed by atoms with Gasteiger partial charge in [0.25, 0.3) is 0 Å². The van der Waals surface area contributed by atoms with Crippen LogP contribution in [0.5, 0.6) is 11.6 Å². The van der Waals surface area contributed by atoms with Crippen LogP contribution in [-0.2, 0) is 11.2 Å². The van der Waals surface area contributed by atoms with Crippen molar-refractivity contribution in [2.24, 2.45) is 0 Å². The molecular weight excluding hydrogens is 456 g/mol. The summed E-state index contributed by atoms with van der Waals surface area (Å²) in [7, 11) is 6.14. The Kier molecular flexibility index (Phi) is 9.13. The number of likely N-dealkylation sites (N-methyl/N-ethyl adjacent to an activating group) is 2. The highest BCUT2D eigenvalue weighted by atomic mass is 16.5. The van der Waals surface area contributed by atoms with Crippen molar-refractivity contribution in [3.8, 4) is 11.6 Å². The highest BCUT2D eigenvalue weighted by Crippen LogP contribution is 2.29. The molecule has 1 aromatic heterocycles. The first kappa shape index (κ1) is 26.4. The fraction of sp³-hybridized carbons (Fsp3) is 0.259. The third-order valence-corrected chi connectivity index (χ3v) is 5.36. The number of anilines is 4. The zero-order valence-corrected chi connectivity index (χ0v) is 21.1. The minimum Gasteiger partial charge on any atom is -0.437 e. The van der Waals surface area contributed by atoms with Crippen molar-refractivity contribution in [3.05, 3.63) is 72.6 Å². The average molecular weight is 489 g/mol. The first-order valence-electron chi connectivity index (χ1n) is 11.6. The zero-order valence-electron chi connectivity index (χ0n) is 21.1. The van der Waals surface area contributed by atoms with E-state index in [1.165, 1.54) is 6.08 Å². The maximum atomic E-state index is 11.8. The molecule has 0 saturated carbocycles. The van der Waals surface area contributed by atoms with Gasteiger partial charge in [0, 0.05) is 43.3 Å². The Labute approximate surface area is 211 Å². The molecule has 3 aromatic rings. The van der Waals surface area contributed by atoms with Crippen LogP contribution in [0.1, 0.15) is 23.1 Å². The van der Waals surface area contributed by atoms with Gasteiger partial charge in [-0.15, -0.1) is 0 Å². The van der Waals surface area contributed by atoms with E-state index in [4.69, 9.17) is 4.74 Å². The first-order chi connectivity index (χ1) is 17.3. The monoisotopic (exact) mass is 488 g/mol. The number of carbonyl (C=O) groups is 2. The number of nitrogens with zero attached hydrogens (tertiary/aromatic N) is 4. The lowest BCUT2D eigenvalue weighted by atomic mass is 10.2. The molecular formula is C27H32N6O3. The summed E-state index contributed by atoms with van der Waals surface area (Å²) in [5, 5.41) is 5.88. The van der Waals surface area contributed by atoms with Crippen LogP contribution >= 0.6 is 0 Å². The molecule has 36 heavy (non-hydrogen) atoms. The van der Waals surface area contributed by atoms with Gasteiger partial charge in [-0.1, -0.05) is 19.6 Å². The maximum Gasteiger partial charge on any atom is 0.247 e. The van der Waals surface area contributed by atoms with Gasteiger partial charge in [-0.25, -0.2) is 4.98 Å². The Morgan fingerprint density at radius 1 is 1.06 bits per heavy atom. The lowest BCUT2D eigenvalue weighted by Crippen LogP contribution is -2.28. The fourth-order valence-corrected chi connectivity index (χ4v) is 3.31. The third-order valence-electron chi connectivity index (χ3n) is 5.36. The van der Waals surface area contributed by atoms with Crippen molar-refractivity contribution in [2.75, 3.05) is 49.8 Å². The molecule has 0 atom stereocenters. The molecule has 0 spiro atoms. The standard InChI is InChI=1S/C27H32N6O3/c1-6-23-27(36-22-10-8-9-20(17-22)28-25(35)7-2)31-26(24(18-34)30-23)29-19-11-13-21(14-12-19)33(5)16-15-32(3)4/h7-14,17-18H,2,6,15-16H2,1,3-5H3,(H,28,35)(H,29,31). The second-order valence-corrected chi connectivity index (χ2v) is 8.40. The Hall–Kier alpha value is -4.24. The van der Waals surface area contributed by atoms with Gasteiger partial charge in [0.15, 0.2) is 12.1 Å². The molecule has 0 aliphatic rings. The Bertz CT molecular complexity index is 1210. The van der Waals surface area contributed by atoms with Crippen molar-refractivity contribution < 1.29 is 14.3 Å². The van der Waals surface area contributed by atoms with E-state index in [1.807, 2.05) is 52.3 Å². The van der Waals surface area contributed by atoms with E-state index in [1.54, 1.807) is 24.3 Å². The largest absolute Gasteiger partial charge is 0.437 e. The molecule has 188 valence electrons. The third kappa shape index (κ3) is 7.13. The molecule has 0 radical (unpaired) electrons. The van der Waals surface area contributed by atoms with E-state index in [0.29, 0.717) is 35.7 Å². The molecule has 2 N–H and O–H groups in total. The van der Waals surface area contributed by atoms with Crippen molar-refractivity contribution in [2.45, 2.75) is 13.3 Å². The van der Waals surface area contributed by atoms with E-state index in [-0.39, 0.29) is 17.5 Å². The summed E-state index contributed by atoms with van der Waals surface area (Å²) in [4.78, 5) is 36.7. The van der Waals surface area contributed by atoms with Gasteiger partial charge in [0.2, 0.25) is 11.8 Å². The molecule has 9 heteroatoms. The van der Waals surface area contributed by atoms with Crippen LogP contribution in [0, 0.1) is 0 Å². The van der Waals surface area contributed by atoms with Gasteiger partial charge in [-0.3, -0.25) is 9.59 Å². The number of hydrogen-bond donors (Lipinski definition) is 2. The van der Waals surface area contributed by atoms with Gasteiger partial charge in [-0.05, 0) is 63.0 Å². The molecule has 0 aliphatic carbocycles. The van der Waals surface area contributed by atoms with Crippen molar-refractivity contribution in [1.82, 2.24) is 14.9 Å². The van der Waals surface area contributed by atoms with E-state index in [9.17, 15) is 9.59 Å². The van der Waals surface area contributed by atoms with Gasteiger partial charge in [-0.2, -0.15) is 4.98 Å². The predicted molar refractivity (Wildman–Crippen MR) is 144 cm³/mol. The molecule has 0 saturated heterocycles. The Morgan fingerprint density at radius 3 is 2.44 bits per heavy atom. The second kappa shape index (κ2) is 12.5. The lowest BCUT2D eigenvalue weighted by Gasteiger charge is -2.22. The van der Waals surface area contributed by atoms with Crippen LogP contribution in [0.15, 0.2) is 61.2 Å². The highest BCUT2D eigenvalue weighted by Gasteiger charge is 2.15. The minimum absolute atomic E-state index is 0.193. The maximum absolute atomic E-state index is 11.8. The summed E-state index contributed by atoms with van der Waals surface area (Å²) in [6, 6.07) is 14.8. The SMILES string of the molecule is C=CC(=O)Nc1cccc(Oc2nc(Nc3ccc(N(C)CCN(C)C)cc3)c(C=O)nc2CC)c1. The number of benzene rings is 2. The normalized spacial score (nSPS) is 10.6. The Balaban J connectivity index is 1.83. The van der Waals surface area contributed by atoms with Crippen molar-refractivity contribution in [1.29, 1.82) is 0 Å². The van der Waals surface area contributed by atoms with Crippen LogP contribution in [0.4, 0.5) is 22.9 Å². The summed E-state index contributed by atoms with van der Waals surface area (Å²) >= 11 is 0. The number of nitrogens with one attached hydrogen (secondary N) is 2. The first-order valence-corrected chi connectivity index (χ1v) is 11.6. The van der Waals surface area contributed by atoms with Gasteiger partial charge < -0.3 is 25.2 Å². The number of aromatic nitrogens is 2. The summed E-state index contributed by atoms with van der Waals surface area (Å²) in [6.07, 6.45) is 2.39. The molecule has 9 nitrogen and oxygen atoms in total. The van der Waals surface area contributed by atoms with Crippen LogP contribution in [-0.4, -0.2) is 61.3 Å². The van der Waals surface area contributed by atoms with Crippen LogP contribution < -0.4 is 20.3 Å². The highest BCUT2D eigenvalue weighted by molar-refractivity contribution is 5.98. The van der Waals surface area contributed by atoms with Crippen molar-refractivity contribution >= 4 is 35.1 Å². The summed E-state index contributed by atoms with van der Waals surface area (Å²) < 4.78 is 6.01. The molecule has 2 aromatic carbocycles. The smallest absolute Gasteiger partial charge is 0.247 e. The number of ether oxygens (including phenoxy) is 1. The fourth-order valence-electron chi connectivity index (χ4n) is 3.31. The van der Waals surface area contributed by atoms with E-state index < -0.39 is 0 Å². The lowest BCUT2D eigenvalue weighted by molar-refractivity contribution is -0.111.